The predicted molar refractivity (Wildman–Crippen MR) is 110 cm³/mol. The van der Waals surface area contributed by atoms with E-state index in [1.165, 1.54) is 18.2 Å². The molecule has 3 heterocycles. The van der Waals surface area contributed by atoms with Crippen molar-refractivity contribution in [2.24, 2.45) is 0 Å². The Morgan fingerprint density at radius 3 is 2.53 bits per heavy atom. The van der Waals surface area contributed by atoms with E-state index in [-0.39, 0.29) is 30.1 Å². The molecule has 4 rings (SSSR count). The van der Waals surface area contributed by atoms with E-state index in [1.807, 2.05) is 0 Å². The van der Waals surface area contributed by atoms with Gasteiger partial charge in [-0.15, -0.1) is 0 Å². The number of rotatable bonds is 6. The highest BCUT2D eigenvalue weighted by Crippen LogP contribution is 2.25. The summed E-state index contributed by atoms with van der Waals surface area (Å²) in [6, 6.07) is 4.05. The number of fused-ring (bicyclic) bond motifs is 1. The van der Waals surface area contributed by atoms with E-state index in [4.69, 9.17) is 4.74 Å². The molecule has 0 unspecified atom stereocenters. The second kappa shape index (κ2) is 8.51. The second-order valence-electron chi connectivity index (χ2n) is 7.99. The van der Waals surface area contributed by atoms with Crippen LogP contribution in [0.5, 0.6) is 6.01 Å². The Kier molecular flexibility index (Phi) is 5.80. The number of nitrogens with one attached hydrogen (secondary N) is 1. The largest absolute Gasteiger partial charge is 0.460 e. The fourth-order valence-electron chi connectivity index (χ4n) is 3.57. The zero-order valence-electron chi connectivity index (χ0n) is 17.4. The molecule has 0 aliphatic carbocycles. The maximum atomic E-state index is 14.0. The summed E-state index contributed by atoms with van der Waals surface area (Å²) >= 11 is 0. The minimum atomic E-state index is -0.612. The molecule has 0 saturated carbocycles. The Morgan fingerprint density at radius 1 is 1.17 bits per heavy atom. The number of piperidine rings is 1. The molecule has 3 aromatic rings. The average Bonchev–Trinajstić information content (AvgIpc) is 3.14. The number of ether oxygens (including phenoxy) is 1. The van der Waals surface area contributed by atoms with Crippen LogP contribution in [0.3, 0.4) is 0 Å². The monoisotopic (exact) mass is 416 g/mol. The van der Waals surface area contributed by atoms with Gasteiger partial charge in [-0.1, -0.05) is 19.9 Å². The maximum Gasteiger partial charge on any atom is 0.322 e. The Balaban J connectivity index is 1.65. The van der Waals surface area contributed by atoms with Crippen LogP contribution in [-0.4, -0.2) is 50.7 Å². The van der Waals surface area contributed by atoms with Gasteiger partial charge in [-0.2, -0.15) is 19.6 Å². The van der Waals surface area contributed by atoms with Crippen molar-refractivity contribution in [2.45, 2.75) is 45.3 Å². The van der Waals surface area contributed by atoms with Gasteiger partial charge in [0.1, 0.15) is 17.7 Å². The fourth-order valence-corrected chi connectivity index (χ4v) is 3.57. The lowest BCUT2D eigenvalue weighted by molar-refractivity contribution is 0.105. The van der Waals surface area contributed by atoms with Gasteiger partial charge in [0.25, 0.3) is 0 Å². The first kappa shape index (κ1) is 20.5. The third kappa shape index (κ3) is 4.21. The van der Waals surface area contributed by atoms with Crippen LogP contribution in [0.2, 0.25) is 0 Å². The highest BCUT2D eigenvalue weighted by atomic mass is 19.1. The molecule has 7 nitrogen and oxygen atoms in total. The van der Waals surface area contributed by atoms with Crippen molar-refractivity contribution in [1.82, 2.24) is 24.5 Å². The zero-order chi connectivity index (χ0) is 21.3. The third-order valence-corrected chi connectivity index (χ3v) is 5.42. The summed E-state index contributed by atoms with van der Waals surface area (Å²) in [6.45, 7) is 5.94. The standard InChI is InChI=1S/C21H26F2N6O/c1-13(2)15-12-25-29-19(15)26-21(30-14-7-9-28(3)10-8-14)27-20(29)24-11-16-17(22)5-4-6-18(16)23/h4-6,12-14H,7-11H2,1-3H3,(H,24,26,27). The molecule has 1 aromatic carbocycles. The van der Waals surface area contributed by atoms with Crippen LogP contribution < -0.4 is 10.1 Å². The molecule has 0 spiro atoms. The van der Waals surface area contributed by atoms with Crippen molar-refractivity contribution in [2.75, 3.05) is 25.5 Å². The second-order valence-corrected chi connectivity index (χ2v) is 7.99. The number of halogens is 2. The molecule has 2 aromatic heterocycles. The summed E-state index contributed by atoms with van der Waals surface area (Å²) in [6.07, 6.45) is 3.56. The van der Waals surface area contributed by atoms with Crippen molar-refractivity contribution < 1.29 is 13.5 Å². The lowest BCUT2D eigenvalue weighted by atomic mass is 10.1. The molecule has 1 saturated heterocycles. The molecule has 0 radical (unpaired) electrons. The zero-order valence-corrected chi connectivity index (χ0v) is 17.4. The van der Waals surface area contributed by atoms with Gasteiger partial charge in [-0.3, -0.25) is 0 Å². The van der Waals surface area contributed by atoms with Crippen LogP contribution in [0, 0.1) is 11.6 Å². The normalized spacial score (nSPS) is 15.8. The molecule has 1 aliphatic heterocycles. The van der Waals surface area contributed by atoms with Crippen LogP contribution in [-0.2, 0) is 6.54 Å². The Morgan fingerprint density at radius 2 is 1.87 bits per heavy atom. The number of benzene rings is 1. The van der Waals surface area contributed by atoms with Crippen molar-refractivity contribution >= 4 is 11.6 Å². The van der Waals surface area contributed by atoms with Crippen LogP contribution in [0.1, 0.15) is 43.7 Å². The van der Waals surface area contributed by atoms with Crippen LogP contribution >= 0.6 is 0 Å². The molecular formula is C21H26F2N6O. The smallest absolute Gasteiger partial charge is 0.322 e. The molecule has 1 fully saturated rings. The molecule has 1 aliphatic rings. The Bertz CT molecular complexity index is 1010. The summed E-state index contributed by atoms with van der Waals surface area (Å²) in [5.41, 5.74) is 1.52. The quantitative estimate of drug-likeness (QED) is 0.662. The molecule has 0 bridgehead atoms. The van der Waals surface area contributed by atoms with Gasteiger partial charge in [-0.25, -0.2) is 8.78 Å². The topological polar surface area (TPSA) is 67.6 Å². The van der Waals surface area contributed by atoms with Gasteiger partial charge in [0.05, 0.1) is 6.20 Å². The van der Waals surface area contributed by atoms with Crippen molar-refractivity contribution in [1.29, 1.82) is 0 Å². The first-order valence-electron chi connectivity index (χ1n) is 10.2. The van der Waals surface area contributed by atoms with E-state index in [2.05, 4.69) is 46.2 Å². The van der Waals surface area contributed by atoms with Crippen molar-refractivity contribution in [3.8, 4) is 6.01 Å². The lowest BCUT2D eigenvalue weighted by Crippen LogP contribution is -2.36. The number of anilines is 1. The van der Waals surface area contributed by atoms with Gasteiger partial charge < -0.3 is 15.0 Å². The van der Waals surface area contributed by atoms with Crippen LogP contribution in [0.4, 0.5) is 14.7 Å². The van der Waals surface area contributed by atoms with Crippen molar-refractivity contribution in [3.63, 3.8) is 0 Å². The number of aromatic nitrogens is 4. The third-order valence-electron chi connectivity index (χ3n) is 5.42. The fraction of sp³-hybridized carbons (Fsp3) is 0.476. The minimum Gasteiger partial charge on any atom is -0.460 e. The van der Waals surface area contributed by atoms with E-state index in [9.17, 15) is 8.78 Å². The number of hydrogen-bond acceptors (Lipinski definition) is 6. The summed E-state index contributed by atoms with van der Waals surface area (Å²) < 4.78 is 35.7. The number of likely N-dealkylation sites (tertiary alicyclic amines) is 1. The highest BCUT2D eigenvalue weighted by molar-refractivity contribution is 5.53. The van der Waals surface area contributed by atoms with E-state index in [1.54, 1.807) is 10.7 Å². The Labute approximate surface area is 174 Å². The average molecular weight is 416 g/mol. The maximum absolute atomic E-state index is 14.0. The van der Waals surface area contributed by atoms with Gasteiger partial charge in [0.2, 0.25) is 5.95 Å². The predicted octanol–water partition coefficient (Wildman–Crippen LogP) is 3.61. The van der Waals surface area contributed by atoms with E-state index in [0.717, 1.165) is 31.5 Å². The summed E-state index contributed by atoms with van der Waals surface area (Å²) in [4.78, 5) is 11.3. The minimum absolute atomic E-state index is 0.0333. The molecule has 1 N–H and O–H groups in total. The van der Waals surface area contributed by atoms with Crippen LogP contribution in [0.25, 0.3) is 5.65 Å². The van der Waals surface area contributed by atoms with Gasteiger partial charge in [-0.05, 0) is 37.9 Å². The van der Waals surface area contributed by atoms with Gasteiger partial charge in [0, 0.05) is 30.8 Å². The summed E-state index contributed by atoms with van der Waals surface area (Å²) in [5.74, 6) is -0.694. The van der Waals surface area contributed by atoms with E-state index in [0.29, 0.717) is 11.6 Å². The molecule has 0 amide bonds. The SMILES string of the molecule is CC(C)c1cnn2c(NCc3c(F)cccc3F)nc(OC3CCN(C)CC3)nc12. The van der Waals surface area contributed by atoms with Crippen molar-refractivity contribution in [3.05, 3.63) is 47.2 Å². The molecule has 0 atom stereocenters. The number of nitrogens with zero attached hydrogens (tertiary/aromatic N) is 5. The molecule has 9 heteroatoms. The van der Waals surface area contributed by atoms with E-state index < -0.39 is 11.6 Å². The lowest BCUT2D eigenvalue weighted by Gasteiger charge is -2.28. The summed E-state index contributed by atoms with van der Waals surface area (Å²) in [7, 11) is 2.09. The molecule has 160 valence electrons. The van der Waals surface area contributed by atoms with E-state index >= 15 is 0 Å². The number of hydrogen-bond donors (Lipinski definition) is 1. The summed E-state index contributed by atoms with van der Waals surface area (Å²) in [5, 5.41) is 7.38. The first-order valence-corrected chi connectivity index (χ1v) is 10.2. The van der Waals surface area contributed by atoms with Gasteiger partial charge >= 0.3 is 6.01 Å². The van der Waals surface area contributed by atoms with Crippen LogP contribution in [0.15, 0.2) is 24.4 Å². The molecule has 30 heavy (non-hydrogen) atoms. The molecular weight excluding hydrogens is 390 g/mol. The first-order chi connectivity index (χ1) is 14.4. The van der Waals surface area contributed by atoms with Gasteiger partial charge in [0.15, 0.2) is 5.65 Å². The Hall–Kier alpha value is -2.81. The highest BCUT2D eigenvalue weighted by Gasteiger charge is 2.22.